The Labute approximate surface area is 278 Å². The number of piperazine rings is 1. The van der Waals surface area contributed by atoms with Gasteiger partial charge >= 0.3 is 6.01 Å². The molecule has 0 unspecified atom stereocenters. The maximum absolute atomic E-state index is 17.1. The number of phenols is 1. The lowest BCUT2D eigenvalue weighted by atomic mass is 9.92. The van der Waals surface area contributed by atoms with E-state index in [1.165, 1.54) is 37.1 Å². The monoisotopic (exact) mass is 651 g/mol. The van der Waals surface area contributed by atoms with Crippen LogP contribution in [0.1, 0.15) is 51.0 Å². The van der Waals surface area contributed by atoms with Crippen molar-refractivity contribution >= 4 is 27.5 Å². The summed E-state index contributed by atoms with van der Waals surface area (Å²) in [6.07, 6.45) is 12.5. The Morgan fingerprint density at radius 1 is 1.08 bits per heavy atom. The molecule has 4 aliphatic heterocycles. The fraction of sp³-hybridized carbons (Fsp3) is 0.474. The summed E-state index contributed by atoms with van der Waals surface area (Å²) in [5.74, 6) is 2.93. The summed E-state index contributed by atoms with van der Waals surface area (Å²) in [7, 11) is 0. The number of hydrogen-bond acceptors (Lipinski definition) is 8. The number of anilines is 1. The second kappa shape index (κ2) is 11.2. The van der Waals surface area contributed by atoms with Gasteiger partial charge in [0.2, 0.25) is 0 Å². The first-order chi connectivity index (χ1) is 23.3. The molecule has 248 valence electrons. The van der Waals surface area contributed by atoms with Crippen LogP contribution in [0.2, 0.25) is 0 Å². The third kappa shape index (κ3) is 4.93. The average molecular weight is 652 g/mol. The van der Waals surface area contributed by atoms with Crippen molar-refractivity contribution in [3.8, 4) is 41.0 Å². The topological polar surface area (TPSA) is 83.0 Å². The minimum atomic E-state index is -0.634. The molecule has 48 heavy (non-hydrogen) atoms. The maximum Gasteiger partial charge on any atom is 0.319 e. The van der Waals surface area contributed by atoms with E-state index in [4.69, 9.17) is 25.9 Å². The van der Waals surface area contributed by atoms with Crippen LogP contribution in [0.3, 0.4) is 0 Å². The van der Waals surface area contributed by atoms with E-state index in [9.17, 15) is 5.11 Å². The van der Waals surface area contributed by atoms with Crippen LogP contribution < -0.4 is 19.7 Å². The average Bonchev–Trinajstić information content (AvgIpc) is 3.78. The fourth-order valence-electron chi connectivity index (χ4n) is 8.52. The van der Waals surface area contributed by atoms with E-state index in [2.05, 4.69) is 28.0 Å². The number of rotatable bonds is 6. The van der Waals surface area contributed by atoms with E-state index in [0.29, 0.717) is 47.0 Å². The highest BCUT2D eigenvalue weighted by Gasteiger charge is 2.46. The molecule has 2 N–H and O–H groups in total. The highest BCUT2D eigenvalue weighted by molar-refractivity contribution is 6.06. The molecule has 5 heterocycles. The zero-order valence-electron chi connectivity index (χ0n) is 27.1. The first-order valence-corrected chi connectivity index (χ1v) is 17.3. The summed E-state index contributed by atoms with van der Waals surface area (Å²) in [6.45, 7) is 7.09. The molecule has 3 atom stereocenters. The number of aromatic nitrogens is 2. The van der Waals surface area contributed by atoms with Gasteiger partial charge in [-0.1, -0.05) is 18.9 Å². The molecule has 0 spiro atoms. The van der Waals surface area contributed by atoms with Crippen molar-refractivity contribution in [2.24, 2.45) is 11.3 Å². The van der Waals surface area contributed by atoms with Crippen molar-refractivity contribution in [1.29, 1.82) is 0 Å². The predicted molar refractivity (Wildman–Crippen MR) is 181 cm³/mol. The minimum absolute atomic E-state index is 0.00157. The van der Waals surface area contributed by atoms with Crippen LogP contribution in [-0.4, -0.2) is 77.5 Å². The van der Waals surface area contributed by atoms with Gasteiger partial charge in [-0.05, 0) is 92.7 Å². The Balaban J connectivity index is 1.17. The molecular formula is C38H39F2N5O3. The van der Waals surface area contributed by atoms with Gasteiger partial charge in [0.1, 0.15) is 35.3 Å². The molecular weight excluding hydrogens is 612 g/mol. The van der Waals surface area contributed by atoms with E-state index in [1.807, 2.05) is 0 Å². The van der Waals surface area contributed by atoms with Crippen LogP contribution in [0.5, 0.6) is 17.5 Å². The number of nitrogens with one attached hydrogen (secondary N) is 1. The number of likely N-dealkylation sites (tertiary alicyclic amines) is 1. The number of phenolic OH excluding ortho intramolecular Hbond substituents is 1. The van der Waals surface area contributed by atoms with Gasteiger partial charge in [0.25, 0.3) is 0 Å². The number of hydrogen-bond donors (Lipinski definition) is 2. The van der Waals surface area contributed by atoms with Crippen LogP contribution >= 0.6 is 0 Å². The quantitative estimate of drug-likeness (QED) is 0.246. The number of halogens is 2. The summed E-state index contributed by atoms with van der Waals surface area (Å²) in [4.78, 5) is 14.5. The number of aromatic hydroxyl groups is 1. The lowest BCUT2D eigenvalue weighted by molar-refractivity contribution is 0.124. The zero-order valence-corrected chi connectivity index (χ0v) is 27.1. The molecule has 0 amide bonds. The first kappa shape index (κ1) is 29.9. The van der Waals surface area contributed by atoms with Gasteiger partial charge in [-0.15, -0.1) is 6.42 Å². The highest BCUT2D eigenvalue weighted by Crippen LogP contribution is 2.49. The molecule has 1 aliphatic carbocycles. The molecule has 10 heteroatoms. The number of nitrogens with zero attached hydrogens (tertiary/aromatic N) is 4. The highest BCUT2D eigenvalue weighted by atomic mass is 19.1. The molecule has 5 aliphatic rings. The van der Waals surface area contributed by atoms with Gasteiger partial charge in [-0.25, -0.2) is 8.78 Å². The molecule has 8 nitrogen and oxygen atoms in total. The molecule has 1 saturated carbocycles. The normalized spacial score (nSPS) is 24.6. The second-order valence-electron chi connectivity index (χ2n) is 14.8. The SMILES string of the molecule is C#Cc1c(F)ccc2cc(O)cc(-c3cc4c5c(nc(OCC6(CN7CCC(C)CC7)CC6)nc5c3F)N3C[C@H]5CC[C@H](N5)[C@H]3CO4)c12. The van der Waals surface area contributed by atoms with Crippen LogP contribution in [-0.2, 0) is 0 Å². The lowest BCUT2D eigenvalue weighted by Gasteiger charge is -2.40. The van der Waals surface area contributed by atoms with E-state index >= 15 is 8.78 Å². The standard InChI is InChI=1S/C38H39F2N5O3/c1-3-25-28(39)6-4-22-14-24(46)15-26(32(22)25)27-16-31-33-35(34(27)40)42-37(48-20-38(10-11-38)19-44-12-8-21(2)9-13-44)43-36(33)45-17-23-5-7-29(41-23)30(45)18-47-31/h1,4,6,14-16,21,23,29-30,41,46H,5,7-13,17-20H2,2H3/t23-,29+,30-/m1/s1. The molecule has 1 aromatic heterocycles. The van der Waals surface area contributed by atoms with Gasteiger partial charge < -0.3 is 29.7 Å². The van der Waals surface area contributed by atoms with Crippen LogP contribution in [0.4, 0.5) is 14.6 Å². The second-order valence-corrected chi connectivity index (χ2v) is 14.8. The largest absolute Gasteiger partial charge is 0.508 e. The number of piperidine rings is 1. The van der Waals surface area contributed by atoms with Crippen molar-refractivity contribution in [3.63, 3.8) is 0 Å². The molecule has 0 radical (unpaired) electrons. The Morgan fingerprint density at radius 3 is 2.71 bits per heavy atom. The van der Waals surface area contributed by atoms with Gasteiger partial charge in [0, 0.05) is 41.5 Å². The van der Waals surface area contributed by atoms with Crippen molar-refractivity contribution in [2.75, 3.05) is 44.3 Å². The Hall–Kier alpha value is -4.20. The molecule has 3 saturated heterocycles. The number of benzene rings is 3. The molecule has 3 aromatic carbocycles. The zero-order chi connectivity index (χ0) is 32.7. The number of terminal acetylenes is 1. The fourth-order valence-corrected chi connectivity index (χ4v) is 8.52. The van der Waals surface area contributed by atoms with E-state index < -0.39 is 11.6 Å². The third-order valence-corrected chi connectivity index (χ3v) is 11.5. The van der Waals surface area contributed by atoms with Crippen molar-refractivity contribution in [2.45, 2.75) is 63.6 Å². The maximum atomic E-state index is 17.1. The summed E-state index contributed by atoms with van der Waals surface area (Å²) in [6, 6.07) is 7.98. The minimum Gasteiger partial charge on any atom is -0.508 e. The van der Waals surface area contributed by atoms with Gasteiger partial charge in [0.15, 0.2) is 5.82 Å². The molecule has 4 fully saturated rings. The van der Waals surface area contributed by atoms with Crippen LogP contribution in [0.25, 0.3) is 32.8 Å². The molecule has 9 rings (SSSR count). The first-order valence-electron chi connectivity index (χ1n) is 17.3. The smallest absolute Gasteiger partial charge is 0.319 e. The third-order valence-electron chi connectivity index (χ3n) is 11.5. The summed E-state index contributed by atoms with van der Waals surface area (Å²) in [5, 5.41) is 15.7. The van der Waals surface area contributed by atoms with E-state index in [0.717, 1.165) is 57.8 Å². The van der Waals surface area contributed by atoms with Gasteiger partial charge in [0.05, 0.1) is 23.6 Å². The lowest BCUT2D eigenvalue weighted by Crippen LogP contribution is -2.60. The van der Waals surface area contributed by atoms with E-state index in [1.54, 1.807) is 6.07 Å². The van der Waals surface area contributed by atoms with Crippen molar-refractivity contribution in [1.82, 2.24) is 20.2 Å². The van der Waals surface area contributed by atoms with E-state index in [-0.39, 0.29) is 51.5 Å². The summed E-state index contributed by atoms with van der Waals surface area (Å²) in [5.41, 5.74) is 0.481. The predicted octanol–water partition coefficient (Wildman–Crippen LogP) is 6.01. The summed E-state index contributed by atoms with van der Waals surface area (Å²) < 4.78 is 45.1. The Morgan fingerprint density at radius 2 is 1.92 bits per heavy atom. The van der Waals surface area contributed by atoms with Crippen LogP contribution in [0.15, 0.2) is 30.3 Å². The van der Waals surface area contributed by atoms with Gasteiger partial charge in [-0.2, -0.15) is 9.97 Å². The van der Waals surface area contributed by atoms with Crippen LogP contribution in [0, 0.1) is 35.3 Å². The number of ether oxygens (including phenoxy) is 2. The molecule has 4 aromatic rings. The molecule has 2 bridgehead atoms. The van der Waals surface area contributed by atoms with Crippen molar-refractivity contribution in [3.05, 3.63) is 47.5 Å². The number of fused-ring (bicyclic) bond motifs is 6. The van der Waals surface area contributed by atoms with Gasteiger partial charge in [-0.3, -0.25) is 0 Å². The summed E-state index contributed by atoms with van der Waals surface area (Å²) >= 11 is 0. The Kier molecular flexibility index (Phi) is 6.96. The Bertz CT molecular complexity index is 2000. The van der Waals surface area contributed by atoms with Crippen molar-refractivity contribution < 1.29 is 23.4 Å².